The van der Waals surface area contributed by atoms with Gasteiger partial charge in [-0.05, 0) is 68.8 Å². The second-order valence-electron chi connectivity index (χ2n) is 6.92. The molecule has 7 heteroatoms. The zero-order valence-electron chi connectivity index (χ0n) is 15.8. The first-order valence-corrected chi connectivity index (χ1v) is 8.48. The fraction of sp³-hybridized carbons (Fsp3) is 0.190. The number of carbonyl (C=O) groups excluding carboxylic acids is 2. The zero-order valence-corrected chi connectivity index (χ0v) is 15.8. The van der Waals surface area contributed by atoms with Crippen molar-refractivity contribution in [2.45, 2.75) is 26.4 Å². The number of anilines is 2. The highest BCUT2D eigenvalue weighted by atomic mass is 16.6. The predicted octanol–water partition coefficient (Wildman–Crippen LogP) is 4.28. The number of phenolic OH excluding ortho intramolecular Hbond substituents is 1. The number of nitrogens with zero attached hydrogens (tertiary/aromatic N) is 1. The lowest BCUT2D eigenvalue weighted by Gasteiger charge is -2.19. The molecular weight excluding hydrogens is 358 g/mol. The maximum absolute atomic E-state index is 12.3. The Balaban J connectivity index is 2.02. The van der Waals surface area contributed by atoms with E-state index in [0.29, 0.717) is 16.9 Å². The molecule has 28 heavy (non-hydrogen) atoms. The minimum absolute atomic E-state index is 0.0818. The molecule has 2 amide bonds. The summed E-state index contributed by atoms with van der Waals surface area (Å²) in [6.45, 7) is 5.30. The van der Waals surface area contributed by atoms with E-state index >= 15 is 0 Å². The Morgan fingerprint density at radius 2 is 1.54 bits per heavy atom. The monoisotopic (exact) mass is 379 g/mol. The average Bonchev–Trinajstić information content (AvgIpc) is 2.61. The van der Waals surface area contributed by atoms with Gasteiger partial charge in [0.15, 0.2) is 0 Å². The van der Waals surface area contributed by atoms with Gasteiger partial charge in [-0.25, -0.2) is 4.79 Å². The molecule has 0 spiro atoms. The Bertz CT molecular complexity index is 918. The fourth-order valence-corrected chi connectivity index (χ4v) is 2.14. The summed E-state index contributed by atoms with van der Waals surface area (Å²) in [7, 11) is 0. The van der Waals surface area contributed by atoms with Gasteiger partial charge in [-0.15, -0.1) is 0 Å². The first-order valence-electron chi connectivity index (χ1n) is 8.48. The van der Waals surface area contributed by atoms with Crippen molar-refractivity contribution in [3.63, 3.8) is 0 Å². The summed E-state index contributed by atoms with van der Waals surface area (Å²) in [5.74, 6) is -0.469. The number of benzene rings is 2. The van der Waals surface area contributed by atoms with Crippen LogP contribution in [0.5, 0.6) is 5.75 Å². The van der Waals surface area contributed by atoms with Gasteiger partial charge < -0.3 is 15.2 Å². The van der Waals surface area contributed by atoms with Crippen molar-refractivity contribution >= 4 is 29.5 Å². The number of amides is 2. The van der Waals surface area contributed by atoms with Crippen LogP contribution in [0.15, 0.2) is 54.1 Å². The second kappa shape index (κ2) is 8.73. The summed E-state index contributed by atoms with van der Waals surface area (Å²) >= 11 is 0. The highest BCUT2D eigenvalue weighted by Crippen LogP contribution is 2.17. The summed E-state index contributed by atoms with van der Waals surface area (Å²) in [5, 5.41) is 23.7. The minimum Gasteiger partial charge on any atom is -0.508 e. The number of aromatic hydroxyl groups is 1. The van der Waals surface area contributed by atoms with E-state index in [9.17, 15) is 20.0 Å². The third-order valence-electron chi connectivity index (χ3n) is 3.36. The lowest BCUT2D eigenvalue weighted by atomic mass is 10.1. The largest absolute Gasteiger partial charge is 0.508 e. The maximum atomic E-state index is 12.3. The van der Waals surface area contributed by atoms with Crippen molar-refractivity contribution < 1.29 is 19.4 Å². The molecule has 2 rings (SSSR count). The molecule has 2 aromatic rings. The molecule has 0 saturated carbocycles. The Morgan fingerprint density at radius 3 is 2.04 bits per heavy atom. The number of hydrogen-bond acceptors (Lipinski definition) is 5. The van der Waals surface area contributed by atoms with Crippen molar-refractivity contribution in [2.24, 2.45) is 0 Å². The van der Waals surface area contributed by atoms with Gasteiger partial charge in [-0.1, -0.05) is 12.1 Å². The SMILES string of the molecule is CC(C)(C)OC(=O)Nc1ccc(NC(=O)/C(C#N)=C/c2ccc(O)cc2)cc1. The van der Waals surface area contributed by atoms with Crippen LogP contribution in [-0.4, -0.2) is 22.7 Å². The number of nitrogens with one attached hydrogen (secondary N) is 2. The summed E-state index contributed by atoms with van der Waals surface area (Å²) < 4.78 is 5.17. The van der Waals surface area contributed by atoms with E-state index in [2.05, 4.69) is 10.6 Å². The van der Waals surface area contributed by atoms with Gasteiger partial charge in [0.05, 0.1) is 0 Å². The Morgan fingerprint density at radius 1 is 1.00 bits per heavy atom. The first-order chi connectivity index (χ1) is 13.2. The third kappa shape index (κ3) is 6.50. The average molecular weight is 379 g/mol. The van der Waals surface area contributed by atoms with Crippen LogP contribution in [0.25, 0.3) is 6.08 Å². The molecular formula is C21H21N3O4. The van der Waals surface area contributed by atoms with Crippen molar-refractivity contribution in [2.75, 3.05) is 10.6 Å². The number of rotatable bonds is 4. The number of nitriles is 1. The van der Waals surface area contributed by atoms with Crippen LogP contribution in [0.2, 0.25) is 0 Å². The molecule has 0 atom stereocenters. The summed E-state index contributed by atoms with van der Waals surface area (Å²) in [6.07, 6.45) is 0.848. The normalized spacial score (nSPS) is 11.3. The van der Waals surface area contributed by atoms with Crippen LogP contribution >= 0.6 is 0 Å². The highest BCUT2D eigenvalue weighted by molar-refractivity contribution is 6.09. The van der Waals surface area contributed by atoms with Crippen molar-refractivity contribution in [1.82, 2.24) is 0 Å². The van der Waals surface area contributed by atoms with Gasteiger partial charge in [-0.3, -0.25) is 10.1 Å². The van der Waals surface area contributed by atoms with E-state index in [1.165, 1.54) is 18.2 Å². The molecule has 0 aliphatic rings. The topological polar surface area (TPSA) is 111 Å². The van der Waals surface area contributed by atoms with E-state index in [1.54, 1.807) is 57.2 Å². The van der Waals surface area contributed by atoms with Crippen molar-refractivity contribution in [1.29, 1.82) is 5.26 Å². The van der Waals surface area contributed by atoms with Gasteiger partial charge in [0, 0.05) is 11.4 Å². The fourth-order valence-electron chi connectivity index (χ4n) is 2.14. The van der Waals surface area contributed by atoms with Crippen LogP contribution in [0.4, 0.5) is 16.2 Å². The van der Waals surface area contributed by atoms with Gasteiger partial charge in [0.2, 0.25) is 0 Å². The standard InChI is InChI=1S/C21H21N3O4/c1-21(2,3)28-20(27)24-17-8-6-16(7-9-17)23-19(26)15(13-22)12-14-4-10-18(25)11-5-14/h4-12,25H,1-3H3,(H,23,26)(H,24,27)/b15-12+. The molecule has 144 valence electrons. The zero-order chi connectivity index (χ0) is 20.7. The maximum Gasteiger partial charge on any atom is 0.412 e. The summed E-state index contributed by atoms with van der Waals surface area (Å²) in [6, 6.07) is 14.4. The van der Waals surface area contributed by atoms with Crippen LogP contribution in [0.1, 0.15) is 26.3 Å². The lowest BCUT2D eigenvalue weighted by molar-refractivity contribution is -0.112. The molecule has 7 nitrogen and oxygen atoms in total. The Hall–Kier alpha value is -3.79. The number of hydrogen-bond donors (Lipinski definition) is 3. The number of phenols is 1. The van der Waals surface area contributed by atoms with Crippen molar-refractivity contribution in [3.8, 4) is 11.8 Å². The van der Waals surface area contributed by atoms with Gasteiger partial charge >= 0.3 is 6.09 Å². The molecule has 0 radical (unpaired) electrons. The van der Waals surface area contributed by atoms with E-state index in [1.807, 2.05) is 6.07 Å². The predicted molar refractivity (Wildman–Crippen MR) is 107 cm³/mol. The van der Waals surface area contributed by atoms with Gasteiger partial charge in [-0.2, -0.15) is 5.26 Å². The molecule has 0 fully saturated rings. The van der Waals surface area contributed by atoms with Crippen molar-refractivity contribution in [3.05, 3.63) is 59.7 Å². The molecule has 0 aliphatic heterocycles. The van der Waals surface area contributed by atoms with E-state index in [0.717, 1.165) is 0 Å². The Labute approximate surface area is 163 Å². The number of carbonyl (C=O) groups is 2. The van der Waals surface area contributed by atoms with Gasteiger partial charge in [0.1, 0.15) is 23.0 Å². The van der Waals surface area contributed by atoms with E-state index in [-0.39, 0.29) is 11.3 Å². The molecule has 0 saturated heterocycles. The number of ether oxygens (including phenoxy) is 1. The van der Waals surface area contributed by atoms with Crippen LogP contribution in [0, 0.1) is 11.3 Å². The third-order valence-corrected chi connectivity index (χ3v) is 3.36. The molecule has 0 bridgehead atoms. The molecule has 3 N–H and O–H groups in total. The first kappa shape index (κ1) is 20.5. The minimum atomic E-state index is -0.602. The van der Waals surface area contributed by atoms with Crippen LogP contribution < -0.4 is 10.6 Å². The van der Waals surface area contributed by atoms with E-state index < -0.39 is 17.6 Å². The summed E-state index contributed by atoms with van der Waals surface area (Å²) in [4.78, 5) is 24.0. The van der Waals surface area contributed by atoms with Crippen LogP contribution in [-0.2, 0) is 9.53 Å². The lowest BCUT2D eigenvalue weighted by Crippen LogP contribution is -2.27. The second-order valence-corrected chi connectivity index (χ2v) is 6.92. The molecule has 2 aromatic carbocycles. The van der Waals surface area contributed by atoms with Gasteiger partial charge in [0.25, 0.3) is 5.91 Å². The smallest absolute Gasteiger partial charge is 0.412 e. The molecule has 0 aromatic heterocycles. The molecule has 0 unspecified atom stereocenters. The molecule has 0 aliphatic carbocycles. The van der Waals surface area contributed by atoms with Crippen LogP contribution in [0.3, 0.4) is 0 Å². The Kier molecular flexibility index (Phi) is 6.40. The molecule has 0 heterocycles. The summed E-state index contributed by atoms with van der Waals surface area (Å²) in [5.41, 5.74) is 0.900. The quantitative estimate of drug-likeness (QED) is 0.542. The highest BCUT2D eigenvalue weighted by Gasteiger charge is 2.16. The van der Waals surface area contributed by atoms with E-state index in [4.69, 9.17) is 4.74 Å².